The second-order valence-corrected chi connectivity index (χ2v) is 4.54. The standard InChI is InChI=1S/C12H11FN2OS/c13-10-3-1-2-9(8-10)4-7-17-12-11(16)14-5-6-15-12/h1-3,5-6,8H,4,7H2,(H,14,16). The Morgan fingerprint density at radius 2 is 2.29 bits per heavy atom. The van der Waals surface area contributed by atoms with Crippen molar-refractivity contribution in [2.75, 3.05) is 5.75 Å². The maximum absolute atomic E-state index is 12.9. The highest BCUT2D eigenvalue weighted by molar-refractivity contribution is 7.99. The molecule has 5 heteroatoms. The third-order valence-corrected chi connectivity index (χ3v) is 3.17. The molecule has 2 aromatic rings. The Morgan fingerprint density at radius 1 is 1.41 bits per heavy atom. The summed E-state index contributed by atoms with van der Waals surface area (Å²) in [5.74, 6) is 0.465. The lowest BCUT2D eigenvalue weighted by Crippen LogP contribution is -2.09. The molecule has 0 bridgehead atoms. The van der Waals surface area contributed by atoms with Gasteiger partial charge in [-0.3, -0.25) is 4.79 Å². The number of nitrogens with one attached hydrogen (secondary N) is 1. The van der Waals surface area contributed by atoms with E-state index in [1.165, 1.54) is 30.1 Å². The molecule has 0 spiro atoms. The Kier molecular flexibility index (Phi) is 3.93. The first kappa shape index (κ1) is 11.9. The summed E-state index contributed by atoms with van der Waals surface area (Å²) in [5, 5.41) is 0.448. The number of halogens is 1. The van der Waals surface area contributed by atoms with Gasteiger partial charge in [-0.15, -0.1) is 11.8 Å². The summed E-state index contributed by atoms with van der Waals surface area (Å²) in [6.07, 6.45) is 3.75. The summed E-state index contributed by atoms with van der Waals surface area (Å²) in [4.78, 5) is 17.8. The smallest absolute Gasteiger partial charge is 0.280 e. The van der Waals surface area contributed by atoms with Crippen LogP contribution in [0.4, 0.5) is 4.39 Å². The third-order valence-electron chi connectivity index (χ3n) is 2.19. The third kappa shape index (κ3) is 3.42. The molecular weight excluding hydrogens is 239 g/mol. The molecule has 0 aliphatic carbocycles. The van der Waals surface area contributed by atoms with Crippen molar-refractivity contribution < 1.29 is 4.39 Å². The van der Waals surface area contributed by atoms with E-state index in [-0.39, 0.29) is 11.4 Å². The number of nitrogens with zero attached hydrogens (tertiary/aromatic N) is 1. The van der Waals surface area contributed by atoms with Crippen LogP contribution < -0.4 is 5.56 Å². The van der Waals surface area contributed by atoms with Crippen molar-refractivity contribution in [1.29, 1.82) is 0 Å². The quantitative estimate of drug-likeness (QED) is 0.846. The van der Waals surface area contributed by atoms with E-state index in [9.17, 15) is 9.18 Å². The van der Waals surface area contributed by atoms with Gasteiger partial charge in [0.05, 0.1) is 0 Å². The van der Waals surface area contributed by atoms with Crippen molar-refractivity contribution in [3.8, 4) is 0 Å². The zero-order chi connectivity index (χ0) is 12.1. The van der Waals surface area contributed by atoms with Crippen molar-refractivity contribution in [2.24, 2.45) is 0 Å². The lowest BCUT2D eigenvalue weighted by atomic mass is 10.2. The second kappa shape index (κ2) is 5.63. The number of aromatic amines is 1. The van der Waals surface area contributed by atoms with Crippen molar-refractivity contribution in [3.05, 3.63) is 58.4 Å². The Balaban J connectivity index is 1.92. The van der Waals surface area contributed by atoms with E-state index in [1.807, 2.05) is 6.07 Å². The molecule has 0 amide bonds. The molecule has 0 radical (unpaired) electrons. The monoisotopic (exact) mass is 250 g/mol. The van der Waals surface area contributed by atoms with Gasteiger partial charge in [-0.05, 0) is 24.1 Å². The summed E-state index contributed by atoms with van der Waals surface area (Å²) >= 11 is 1.37. The Hall–Kier alpha value is -1.62. The van der Waals surface area contributed by atoms with E-state index >= 15 is 0 Å². The van der Waals surface area contributed by atoms with Crippen LogP contribution >= 0.6 is 11.8 Å². The lowest BCUT2D eigenvalue weighted by Gasteiger charge is -2.01. The first-order chi connectivity index (χ1) is 8.25. The normalized spacial score (nSPS) is 10.4. The van der Waals surface area contributed by atoms with E-state index in [4.69, 9.17) is 0 Å². The molecule has 0 aliphatic rings. The van der Waals surface area contributed by atoms with Gasteiger partial charge in [0.2, 0.25) is 0 Å². The van der Waals surface area contributed by atoms with E-state index in [2.05, 4.69) is 9.97 Å². The van der Waals surface area contributed by atoms with Crippen LogP contribution in [0.25, 0.3) is 0 Å². The second-order valence-electron chi connectivity index (χ2n) is 3.45. The molecule has 88 valence electrons. The molecule has 3 nitrogen and oxygen atoms in total. The lowest BCUT2D eigenvalue weighted by molar-refractivity contribution is 0.626. The molecular formula is C12H11FN2OS. The minimum atomic E-state index is -0.233. The molecule has 1 aromatic heterocycles. The fourth-order valence-corrected chi connectivity index (χ4v) is 2.26. The maximum Gasteiger partial charge on any atom is 0.280 e. The number of hydrogen-bond donors (Lipinski definition) is 1. The number of aromatic nitrogens is 2. The largest absolute Gasteiger partial charge is 0.325 e. The first-order valence-corrected chi connectivity index (χ1v) is 6.15. The SMILES string of the molecule is O=c1[nH]ccnc1SCCc1cccc(F)c1. The van der Waals surface area contributed by atoms with Gasteiger partial charge in [-0.1, -0.05) is 12.1 Å². The molecule has 0 saturated carbocycles. The summed E-state index contributed by atoms with van der Waals surface area (Å²) < 4.78 is 12.9. The minimum absolute atomic E-state index is 0.184. The molecule has 0 saturated heterocycles. The van der Waals surface area contributed by atoms with E-state index in [0.717, 1.165) is 5.56 Å². The van der Waals surface area contributed by atoms with Crippen LogP contribution in [0, 0.1) is 5.82 Å². The summed E-state index contributed by atoms with van der Waals surface area (Å²) in [6, 6.07) is 6.47. The van der Waals surface area contributed by atoms with Gasteiger partial charge in [0.15, 0.2) is 5.03 Å². The number of aryl methyl sites for hydroxylation is 1. The first-order valence-electron chi connectivity index (χ1n) is 5.16. The van der Waals surface area contributed by atoms with Crippen LogP contribution in [0.5, 0.6) is 0 Å². The molecule has 2 rings (SSSR count). The van der Waals surface area contributed by atoms with Gasteiger partial charge >= 0.3 is 0 Å². The van der Waals surface area contributed by atoms with E-state index in [0.29, 0.717) is 17.2 Å². The highest BCUT2D eigenvalue weighted by Gasteiger charge is 2.01. The predicted octanol–water partition coefficient (Wildman–Crippen LogP) is 2.24. The zero-order valence-corrected chi connectivity index (χ0v) is 9.84. The van der Waals surface area contributed by atoms with Crippen LogP contribution in [-0.2, 0) is 6.42 Å². The van der Waals surface area contributed by atoms with Crippen molar-refractivity contribution in [1.82, 2.24) is 9.97 Å². The van der Waals surface area contributed by atoms with Gasteiger partial charge < -0.3 is 4.98 Å². The van der Waals surface area contributed by atoms with Crippen LogP contribution in [0.1, 0.15) is 5.56 Å². The van der Waals surface area contributed by atoms with Crippen LogP contribution in [-0.4, -0.2) is 15.7 Å². The van der Waals surface area contributed by atoms with Gasteiger partial charge in [0, 0.05) is 18.1 Å². The molecule has 1 N–H and O–H groups in total. The molecule has 0 atom stereocenters. The highest BCUT2D eigenvalue weighted by Crippen LogP contribution is 2.13. The van der Waals surface area contributed by atoms with Crippen LogP contribution in [0.3, 0.4) is 0 Å². The number of thioether (sulfide) groups is 1. The topological polar surface area (TPSA) is 45.8 Å². The fraction of sp³-hybridized carbons (Fsp3) is 0.167. The van der Waals surface area contributed by atoms with Crippen molar-refractivity contribution >= 4 is 11.8 Å². The van der Waals surface area contributed by atoms with Crippen molar-refractivity contribution in [2.45, 2.75) is 11.4 Å². The maximum atomic E-state index is 12.9. The zero-order valence-electron chi connectivity index (χ0n) is 9.02. The van der Waals surface area contributed by atoms with Crippen LogP contribution in [0.15, 0.2) is 46.5 Å². The molecule has 0 aliphatic heterocycles. The average molecular weight is 250 g/mol. The van der Waals surface area contributed by atoms with Gasteiger partial charge in [-0.2, -0.15) is 0 Å². The molecule has 0 fully saturated rings. The fourth-order valence-electron chi connectivity index (χ4n) is 1.40. The Labute approximate surface area is 102 Å². The number of rotatable bonds is 4. The van der Waals surface area contributed by atoms with Crippen LogP contribution in [0.2, 0.25) is 0 Å². The van der Waals surface area contributed by atoms with E-state index < -0.39 is 0 Å². The number of hydrogen-bond acceptors (Lipinski definition) is 3. The van der Waals surface area contributed by atoms with Gasteiger partial charge in [0.1, 0.15) is 5.82 Å². The molecule has 0 unspecified atom stereocenters. The molecule has 1 aromatic carbocycles. The van der Waals surface area contributed by atoms with Crippen molar-refractivity contribution in [3.63, 3.8) is 0 Å². The molecule has 1 heterocycles. The van der Waals surface area contributed by atoms with E-state index in [1.54, 1.807) is 12.3 Å². The summed E-state index contributed by atoms with van der Waals surface area (Å²) in [7, 11) is 0. The van der Waals surface area contributed by atoms with Gasteiger partial charge in [-0.25, -0.2) is 9.37 Å². The number of H-pyrrole nitrogens is 1. The Bertz CT molecular complexity index is 556. The number of benzene rings is 1. The molecule has 17 heavy (non-hydrogen) atoms. The van der Waals surface area contributed by atoms with Gasteiger partial charge in [0.25, 0.3) is 5.56 Å². The summed E-state index contributed by atoms with van der Waals surface area (Å²) in [6.45, 7) is 0. The predicted molar refractivity (Wildman–Crippen MR) is 65.7 cm³/mol. The summed E-state index contributed by atoms with van der Waals surface area (Å²) in [5.41, 5.74) is 0.738. The average Bonchev–Trinajstić information content (AvgIpc) is 2.32. The highest BCUT2D eigenvalue weighted by atomic mass is 32.2. The minimum Gasteiger partial charge on any atom is -0.325 e. The Morgan fingerprint density at radius 3 is 3.06 bits per heavy atom.